The molecule has 5 heterocycles. The molecule has 0 atom stereocenters. The molecule has 0 radical (unpaired) electrons. The van der Waals surface area contributed by atoms with E-state index in [0.717, 1.165) is 0 Å². The average molecular weight is 678 g/mol. The lowest BCUT2D eigenvalue weighted by atomic mass is 10.0. The molecule has 4 heteroatoms. The number of rotatable bonds is 2. The lowest BCUT2D eigenvalue weighted by molar-refractivity contribution is 1.15. The van der Waals surface area contributed by atoms with Gasteiger partial charge in [0, 0.05) is 64.2 Å². The molecule has 13 rings (SSSR count). The number of aromatic nitrogens is 3. The standard InChI is InChI=1S/C48H27N3S/c1-7-19-37-29(13-1)30-14-2-8-20-38(30)49(37)28-25-36-32-16-6-12-24-44(32)52-48(36)43(26-28)50-40-22-10-4-17-33(40)45-42(50)27-35-31-15-3-9-21-39(31)51-41-23-11-5-18-34(41)46(45)47(35)51/h1-27H. The normalized spacial score (nSPS) is 12.6. The average Bonchev–Trinajstić information content (AvgIpc) is 3.99. The van der Waals surface area contributed by atoms with Crippen LogP contribution in [0, 0.1) is 0 Å². The van der Waals surface area contributed by atoms with Gasteiger partial charge in [-0.3, -0.25) is 0 Å². The van der Waals surface area contributed by atoms with Gasteiger partial charge in [0.1, 0.15) is 0 Å². The van der Waals surface area contributed by atoms with Crippen LogP contribution >= 0.6 is 11.3 Å². The highest BCUT2D eigenvalue weighted by Gasteiger charge is 2.25. The summed E-state index contributed by atoms with van der Waals surface area (Å²) < 4.78 is 10.1. The van der Waals surface area contributed by atoms with Crippen molar-refractivity contribution in [2.75, 3.05) is 0 Å². The van der Waals surface area contributed by atoms with Crippen LogP contribution in [0.3, 0.4) is 0 Å². The van der Waals surface area contributed by atoms with Gasteiger partial charge in [0.2, 0.25) is 0 Å². The zero-order valence-corrected chi connectivity index (χ0v) is 28.7. The van der Waals surface area contributed by atoms with Crippen LogP contribution in [0.25, 0.3) is 113 Å². The van der Waals surface area contributed by atoms with Gasteiger partial charge >= 0.3 is 0 Å². The van der Waals surface area contributed by atoms with Gasteiger partial charge in [0.05, 0.1) is 49.0 Å². The van der Waals surface area contributed by atoms with Crippen LogP contribution in [0.15, 0.2) is 164 Å². The Morgan fingerprint density at radius 1 is 0.346 bits per heavy atom. The minimum Gasteiger partial charge on any atom is -0.309 e. The lowest BCUT2D eigenvalue weighted by Gasteiger charge is -2.15. The maximum atomic E-state index is 2.57. The van der Waals surface area contributed by atoms with E-state index in [4.69, 9.17) is 0 Å². The third-order valence-corrected chi connectivity index (χ3v) is 12.7. The van der Waals surface area contributed by atoms with Gasteiger partial charge in [-0.2, -0.15) is 0 Å². The second-order valence-electron chi connectivity index (χ2n) is 14.1. The fourth-order valence-electron chi connectivity index (χ4n) is 9.51. The zero-order valence-electron chi connectivity index (χ0n) is 27.8. The summed E-state index contributed by atoms with van der Waals surface area (Å²) in [4.78, 5) is 0. The summed E-state index contributed by atoms with van der Waals surface area (Å²) in [5, 5.41) is 12.9. The molecule has 0 N–H and O–H groups in total. The molecule has 3 nitrogen and oxygen atoms in total. The molecule has 8 aromatic carbocycles. The van der Waals surface area contributed by atoms with Crippen molar-refractivity contribution in [2.24, 2.45) is 0 Å². The molecule has 240 valence electrons. The van der Waals surface area contributed by atoms with Crippen molar-refractivity contribution in [3.8, 4) is 11.4 Å². The zero-order chi connectivity index (χ0) is 33.7. The maximum Gasteiger partial charge on any atom is 0.0661 e. The number of benzene rings is 8. The molecule has 0 unspecified atom stereocenters. The molecule has 5 aromatic heterocycles. The van der Waals surface area contributed by atoms with E-state index in [9.17, 15) is 0 Å². The Morgan fingerprint density at radius 3 is 1.52 bits per heavy atom. The van der Waals surface area contributed by atoms with Gasteiger partial charge in [-0.25, -0.2) is 0 Å². The van der Waals surface area contributed by atoms with E-state index in [1.54, 1.807) is 0 Å². The Bertz CT molecular complexity index is 3590. The number of nitrogens with zero attached hydrogens (tertiary/aromatic N) is 3. The third-order valence-electron chi connectivity index (χ3n) is 11.5. The van der Waals surface area contributed by atoms with Gasteiger partial charge in [-0.15, -0.1) is 11.3 Å². The Hall–Kier alpha value is -6.62. The Morgan fingerprint density at radius 2 is 0.846 bits per heavy atom. The van der Waals surface area contributed by atoms with E-state index in [1.807, 2.05) is 11.3 Å². The number of thiophene rings is 1. The quantitative estimate of drug-likeness (QED) is 0.173. The van der Waals surface area contributed by atoms with Crippen molar-refractivity contribution >= 4 is 113 Å². The molecule has 13 aromatic rings. The molecule has 52 heavy (non-hydrogen) atoms. The number of hydrogen-bond donors (Lipinski definition) is 0. The Kier molecular flexibility index (Phi) is 5.00. The highest BCUT2D eigenvalue weighted by molar-refractivity contribution is 7.26. The van der Waals surface area contributed by atoms with E-state index >= 15 is 0 Å². The molecule has 0 spiro atoms. The van der Waals surface area contributed by atoms with Crippen LogP contribution < -0.4 is 0 Å². The first kappa shape index (κ1) is 27.1. The predicted octanol–water partition coefficient (Wildman–Crippen LogP) is 13.4. The first-order chi connectivity index (χ1) is 25.8. The van der Waals surface area contributed by atoms with Crippen molar-refractivity contribution in [3.05, 3.63) is 164 Å². The van der Waals surface area contributed by atoms with E-state index < -0.39 is 0 Å². The number of fused-ring (bicyclic) bond motifs is 16. The topological polar surface area (TPSA) is 14.3 Å². The SMILES string of the molecule is c1ccc2c(c1)sc1c(-n3c4ccccc4c4c5c6ccccc6n6c7ccccc7c(cc43)c56)cc(-n3c4ccccc4c4ccccc43)cc12. The summed E-state index contributed by atoms with van der Waals surface area (Å²) in [5.41, 5.74) is 11.1. The van der Waals surface area contributed by atoms with Gasteiger partial charge in [-0.05, 0) is 54.6 Å². The van der Waals surface area contributed by atoms with Gasteiger partial charge in [-0.1, -0.05) is 109 Å². The van der Waals surface area contributed by atoms with Gasteiger partial charge in [0.15, 0.2) is 0 Å². The minimum atomic E-state index is 1.17. The van der Waals surface area contributed by atoms with Crippen LogP contribution in [0.2, 0.25) is 0 Å². The van der Waals surface area contributed by atoms with Crippen molar-refractivity contribution < 1.29 is 0 Å². The maximum absolute atomic E-state index is 2.57. The van der Waals surface area contributed by atoms with Gasteiger partial charge < -0.3 is 13.5 Å². The van der Waals surface area contributed by atoms with Crippen LogP contribution in [0.1, 0.15) is 0 Å². The first-order valence-electron chi connectivity index (χ1n) is 17.9. The van der Waals surface area contributed by atoms with Crippen LogP contribution in [0.4, 0.5) is 0 Å². The smallest absolute Gasteiger partial charge is 0.0661 e. The van der Waals surface area contributed by atoms with Crippen molar-refractivity contribution in [2.45, 2.75) is 0 Å². The van der Waals surface area contributed by atoms with Crippen molar-refractivity contribution in [3.63, 3.8) is 0 Å². The molecule has 0 aliphatic heterocycles. The summed E-state index contributed by atoms with van der Waals surface area (Å²) in [6, 6.07) is 60.8. The molecule has 0 aliphatic rings. The largest absolute Gasteiger partial charge is 0.309 e. The molecular formula is C48H27N3S. The molecule has 0 amide bonds. The van der Waals surface area contributed by atoms with Crippen LogP contribution in [-0.4, -0.2) is 13.5 Å². The highest BCUT2D eigenvalue weighted by atomic mass is 32.1. The monoisotopic (exact) mass is 677 g/mol. The molecule has 0 saturated heterocycles. The van der Waals surface area contributed by atoms with Crippen LogP contribution in [0.5, 0.6) is 0 Å². The summed E-state index contributed by atoms with van der Waals surface area (Å²) >= 11 is 1.90. The first-order valence-corrected chi connectivity index (χ1v) is 18.7. The van der Waals surface area contributed by atoms with E-state index in [-0.39, 0.29) is 0 Å². The van der Waals surface area contributed by atoms with E-state index in [1.165, 1.54) is 113 Å². The van der Waals surface area contributed by atoms with Crippen LogP contribution in [-0.2, 0) is 0 Å². The second kappa shape index (κ2) is 9.58. The molecule has 0 bridgehead atoms. The van der Waals surface area contributed by atoms with E-state index in [0.29, 0.717) is 0 Å². The fraction of sp³-hybridized carbons (Fsp3) is 0. The third kappa shape index (κ3) is 3.23. The highest BCUT2D eigenvalue weighted by Crippen LogP contribution is 2.48. The lowest BCUT2D eigenvalue weighted by Crippen LogP contribution is -1.99. The number of para-hydroxylation sites is 5. The predicted molar refractivity (Wildman–Crippen MR) is 223 cm³/mol. The molecule has 0 saturated carbocycles. The fourth-order valence-corrected chi connectivity index (χ4v) is 10.7. The van der Waals surface area contributed by atoms with Gasteiger partial charge in [0.25, 0.3) is 0 Å². The summed E-state index contributed by atoms with van der Waals surface area (Å²) in [7, 11) is 0. The van der Waals surface area contributed by atoms with E-state index in [2.05, 4.69) is 177 Å². The Labute approximate surface area is 300 Å². The van der Waals surface area contributed by atoms with Crippen molar-refractivity contribution in [1.82, 2.24) is 13.5 Å². The van der Waals surface area contributed by atoms with Crippen molar-refractivity contribution in [1.29, 1.82) is 0 Å². The molecular weight excluding hydrogens is 651 g/mol. The number of hydrogen-bond acceptors (Lipinski definition) is 1. The summed E-state index contributed by atoms with van der Waals surface area (Å²) in [5.74, 6) is 0. The summed E-state index contributed by atoms with van der Waals surface area (Å²) in [6.07, 6.45) is 0. The summed E-state index contributed by atoms with van der Waals surface area (Å²) in [6.45, 7) is 0. The minimum absolute atomic E-state index is 1.17. The second-order valence-corrected chi connectivity index (χ2v) is 15.1. The molecule has 0 fully saturated rings. The molecule has 0 aliphatic carbocycles. The Balaban J connectivity index is 1.27.